The number of benzene rings is 2. The number of rotatable bonds is 4. The van der Waals surface area contributed by atoms with E-state index in [0.717, 1.165) is 50.4 Å². The number of hydrogen-bond acceptors (Lipinski definition) is 3. The highest BCUT2D eigenvalue weighted by atomic mass is 35.5. The molecule has 6 heteroatoms. The molecule has 150 valence electrons. The van der Waals surface area contributed by atoms with Crippen molar-refractivity contribution in [3.8, 4) is 0 Å². The van der Waals surface area contributed by atoms with Crippen LogP contribution in [0.2, 0.25) is 5.02 Å². The summed E-state index contributed by atoms with van der Waals surface area (Å²) in [5, 5.41) is 0.640. The molecule has 0 atom stereocenters. The zero-order valence-corrected chi connectivity index (χ0v) is 17.0. The number of carbonyl (C=O) groups is 2. The molecule has 0 bridgehead atoms. The van der Waals surface area contributed by atoms with Crippen LogP contribution in [-0.2, 0) is 4.79 Å². The van der Waals surface area contributed by atoms with Crippen LogP contribution in [0, 0.1) is 0 Å². The Hall–Kier alpha value is -2.63. The van der Waals surface area contributed by atoms with Crippen molar-refractivity contribution in [1.29, 1.82) is 0 Å². The van der Waals surface area contributed by atoms with Gasteiger partial charge < -0.3 is 9.80 Å². The summed E-state index contributed by atoms with van der Waals surface area (Å²) >= 11 is 6.12. The summed E-state index contributed by atoms with van der Waals surface area (Å²) in [5.74, 6) is 0.111. The fraction of sp³-hybridized carbons (Fsp3) is 0.304. The van der Waals surface area contributed by atoms with Gasteiger partial charge >= 0.3 is 0 Å². The van der Waals surface area contributed by atoms with Gasteiger partial charge in [-0.25, -0.2) is 0 Å². The summed E-state index contributed by atoms with van der Waals surface area (Å²) in [6, 6.07) is 17.3. The molecule has 29 heavy (non-hydrogen) atoms. The predicted molar refractivity (Wildman–Crippen MR) is 115 cm³/mol. The number of amides is 2. The molecule has 5 nitrogen and oxygen atoms in total. The minimum Gasteiger partial charge on any atom is -0.336 e. The molecule has 0 spiro atoms. The topological polar surface area (TPSA) is 43.9 Å². The maximum absolute atomic E-state index is 12.6. The molecular formula is C23H24ClN3O2. The molecule has 2 fully saturated rings. The number of piperazine rings is 1. The molecule has 2 aliphatic rings. The van der Waals surface area contributed by atoms with Crippen LogP contribution >= 0.6 is 11.6 Å². The first-order valence-electron chi connectivity index (χ1n) is 9.92. The van der Waals surface area contributed by atoms with Crippen molar-refractivity contribution < 1.29 is 9.59 Å². The van der Waals surface area contributed by atoms with Crippen molar-refractivity contribution in [2.75, 3.05) is 39.3 Å². The van der Waals surface area contributed by atoms with Gasteiger partial charge in [-0.1, -0.05) is 48.0 Å². The molecule has 2 aromatic rings. The van der Waals surface area contributed by atoms with Crippen LogP contribution in [0.3, 0.4) is 0 Å². The molecule has 2 saturated heterocycles. The lowest BCUT2D eigenvalue weighted by Gasteiger charge is -2.47. The Kier molecular flexibility index (Phi) is 5.97. The van der Waals surface area contributed by atoms with Gasteiger partial charge in [0, 0.05) is 62.0 Å². The summed E-state index contributed by atoms with van der Waals surface area (Å²) in [5.41, 5.74) is 1.59. The van der Waals surface area contributed by atoms with E-state index in [1.54, 1.807) is 12.2 Å². The summed E-state index contributed by atoms with van der Waals surface area (Å²) in [7, 11) is 0. The Bertz CT molecular complexity index is 901. The Morgan fingerprint density at radius 3 is 2.21 bits per heavy atom. The van der Waals surface area contributed by atoms with Crippen molar-refractivity contribution in [2.45, 2.75) is 6.04 Å². The number of halogens is 1. The lowest BCUT2D eigenvalue weighted by Crippen LogP contribution is -2.64. The van der Waals surface area contributed by atoms with Gasteiger partial charge in [0.2, 0.25) is 5.91 Å². The molecule has 2 amide bonds. The molecule has 2 heterocycles. The number of likely N-dealkylation sites (tertiary alicyclic amines) is 1. The zero-order valence-electron chi connectivity index (χ0n) is 16.2. The van der Waals surface area contributed by atoms with E-state index in [9.17, 15) is 9.59 Å². The van der Waals surface area contributed by atoms with Crippen molar-refractivity contribution in [1.82, 2.24) is 14.7 Å². The van der Waals surface area contributed by atoms with E-state index in [-0.39, 0.29) is 11.8 Å². The largest absolute Gasteiger partial charge is 0.336 e. The standard InChI is InChI=1S/C23H24ClN3O2/c24-21-9-5-4-6-18(21)10-11-22(28)27-16-20(17-27)25-12-14-26(15-13-25)23(29)19-7-2-1-3-8-19/h1-11,20H,12-17H2. The van der Waals surface area contributed by atoms with E-state index >= 15 is 0 Å². The molecule has 0 aliphatic carbocycles. The molecule has 2 aromatic carbocycles. The summed E-state index contributed by atoms with van der Waals surface area (Å²) in [4.78, 5) is 31.1. The molecular weight excluding hydrogens is 386 g/mol. The monoisotopic (exact) mass is 409 g/mol. The SMILES string of the molecule is O=C(C=Cc1ccccc1Cl)N1CC(N2CCN(C(=O)c3ccccc3)CC2)C1. The average Bonchev–Trinajstić information content (AvgIpc) is 2.73. The molecule has 0 unspecified atom stereocenters. The van der Waals surface area contributed by atoms with Crippen molar-refractivity contribution in [2.24, 2.45) is 0 Å². The van der Waals surface area contributed by atoms with Gasteiger partial charge in [-0.15, -0.1) is 0 Å². The van der Waals surface area contributed by atoms with Gasteiger partial charge in [0.05, 0.1) is 0 Å². The average molecular weight is 410 g/mol. The van der Waals surface area contributed by atoms with E-state index in [0.29, 0.717) is 11.1 Å². The minimum atomic E-state index is 0.0130. The van der Waals surface area contributed by atoms with Gasteiger partial charge in [-0.2, -0.15) is 0 Å². The first kappa shape index (κ1) is 19.7. The molecule has 4 rings (SSSR count). The second-order valence-corrected chi connectivity index (χ2v) is 7.85. The van der Waals surface area contributed by atoms with Crippen molar-refractivity contribution >= 4 is 29.5 Å². The zero-order chi connectivity index (χ0) is 20.2. The molecule has 0 saturated carbocycles. The van der Waals surface area contributed by atoms with E-state index < -0.39 is 0 Å². The van der Waals surface area contributed by atoms with Crippen LogP contribution in [0.5, 0.6) is 0 Å². The third kappa shape index (κ3) is 4.52. The molecule has 0 N–H and O–H groups in total. The van der Waals surface area contributed by atoms with Crippen molar-refractivity contribution in [3.63, 3.8) is 0 Å². The van der Waals surface area contributed by atoms with Gasteiger partial charge in [0.1, 0.15) is 0 Å². The number of carbonyl (C=O) groups excluding carboxylic acids is 2. The lowest BCUT2D eigenvalue weighted by atomic mass is 10.1. The maximum Gasteiger partial charge on any atom is 0.253 e. The minimum absolute atomic E-state index is 0.0130. The fourth-order valence-electron chi connectivity index (χ4n) is 3.80. The Labute approximate surface area is 176 Å². The van der Waals surface area contributed by atoms with E-state index in [2.05, 4.69) is 4.90 Å². The van der Waals surface area contributed by atoms with Crippen LogP contribution in [0.1, 0.15) is 15.9 Å². The highest BCUT2D eigenvalue weighted by Gasteiger charge is 2.35. The summed E-state index contributed by atoms with van der Waals surface area (Å²) < 4.78 is 0. The van der Waals surface area contributed by atoms with Crippen LogP contribution in [0.15, 0.2) is 60.7 Å². The van der Waals surface area contributed by atoms with Gasteiger partial charge in [-0.3, -0.25) is 14.5 Å². The second-order valence-electron chi connectivity index (χ2n) is 7.45. The predicted octanol–water partition coefficient (Wildman–Crippen LogP) is 3.02. The number of nitrogens with zero attached hydrogens (tertiary/aromatic N) is 3. The second kappa shape index (κ2) is 8.80. The Morgan fingerprint density at radius 2 is 1.52 bits per heavy atom. The van der Waals surface area contributed by atoms with Crippen LogP contribution in [-0.4, -0.2) is 71.8 Å². The maximum atomic E-state index is 12.6. The number of hydrogen-bond donors (Lipinski definition) is 0. The third-order valence-electron chi connectivity index (χ3n) is 5.62. The van der Waals surface area contributed by atoms with Gasteiger partial charge in [0.15, 0.2) is 0 Å². The Balaban J connectivity index is 1.23. The van der Waals surface area contributed by atoms with Crippen LogP contribution in [0.4, 0.5) is 0 Å². The first-order chi connectivity index (χ1) is 14.1. The quantitative estimate of drug-likeness (QED) is 0.729. The van der Waals surface area contributed by atoms with Gasteiger partial charge in [0.25, 0.3) is 5.91 Å². The normalized spacial score (nSPS) is 18.1. The highest BCUT2D eigenvalue weighted by Crippen LogP contribution is 2.20. The summed E-state index contributed by atoms with van der Waals surface area (Å²) in [6.45, 7) is 4.62. The molecule has 0 aromatic heterocycles. The smallest absolute Gasteiger partial charge is 0.253 e. The first-order valence-corrected chi connectivity index (χ1v) is 10.3. The van der Waals surface area contributed by atoms with Crippen LogP contribution in [0.25, 0.3) is 6.08 Å². The molecule has 2 aliphatic heterocycles. The van der Waals surface area contributed by atoms with E-state index in [1.165, 1.54) is 0 Å². The fourth-order valence-corrected chi connectivity index (χ4v) is 4.00. The van der Waals surface area contributed by atoms with E-state index in [1.807, 2.05) is 64.4 Å². The van der Waals surface area contributed by atoms with E-state index in [4.69, 9.17) is 11.6 Å². The van der Waals surface area contributed by atoms with Crippen LogP contribution < -0.4 is 0 Å². The Morgan fingerprint density at radius 1 is 0.862 bits per heavy atom. The highest BCUT2D eigenvalue weighted by molar-refractivity contribution is 6.32. The van der Waals surface area contributed by atoms with Gasteiger partial charge in [-0.05, 0) is 29.8 Å². The lowest BCUT2D eigenvalue weighted by molar-refractivity contribution is -0.133. The van der Waals surface area contributed by atoms with Crippen molar-refractivity contribution in [3.05, 3.63) is 76.8 Å². The summed E-state index contributed by atoms with van der Waals surface area (Å²) in [6.07, 6.45) is 3.36. The molecule has 0 radical (unpaired) electrons. The third-order valence-corrected chi connectivity index (χ3v) is 5.97.